The van der Waals surface area contributed by atoms with Crippen molar-refractivity contribution >= 4 is 112 Å². The van der Waals surface area contributed by atoms with E-state index in [0.717, 1.165) is 64.2 Å². The zero-order valence-electron chi connectivity index (χ0n) is 46.9. The summed E-state index contributed by atoms with van der Waals surface area (Å²) in [5, 5.41) is 23.6. The third kappa shape index (κ3) is 14.8. The minimum Gasteiger partial charge on any atom is -0.508 e. The Morgan fingerprint density at radius 2 is 0.782 bits per heavy atom. The first-order valence-corrected chi connectivity index (χ1v) is 28.5. The van der Waals surface area contributed by atoms with Crippen molar-refractivity contribution in [2.75, 3.05) is 87.5 Å². The van der Waals surface area contributed by atoms with Crippen molar-refractivity contribution in [3.8, 4) is 17.2 Å². The fourth-order valence-corrected chi connectivity index (χ4v) is 10.2. The number of carbonyl (C=O) groups is 3. The second-order valence-electron chi connectivity index (χ2n) is 20.5. The monoisotopic (exact) mass is 1190 g/mol. The highest BCUT2D eigenvalue weighted by atomic mass is 35.5. The van der Waals surface area contributed by atoms with Gasteiger partial charge in [0.2, 0.25) is 17.7 Å². The van der Waals surface area contributed by atoms with Gasteiger partial charge in [-0.1, -0.05) is 78.9 Å². The number of phenolic OH excluding ortho intramolecular Hbond substituents is 1. The molecule has 3 aromatic heterocycles. The second-order valence-corrected chi connectivity index (χ2v) is 20.8. The summed E-state index contributed by atoms with van der Waals surface area (Å²) < 4.78 is 38.6. The number of rotatable bonds is 14. The zero-order valence-corrected chi connectivity index (χ0v) is 47.6. The van der Waals surface area contributed by atoms with Crippen LogP contribution in [0.1, 0.15) is 11.1 Å². The molecule has 8 aromatic carbocycles. The topological polar surface area (TPSA) is 242 Å². The molecule has 3 amide bonds. The van der Waals surface area contributed by atoms with Crippen molar-refractivity contribution in [2.45, 2.75) is 13.2 Å². The first kappa shape index (κ1) is 58.9. The molecule has 0 aliphatic carbocycles. The summed E-state index contributed by atoms with van der Waals surface area (Å²) >= 11 is 5.50. The van der Waals surface area contributed by atoms with Crippen molar-refractivity contribution in [1.82, 2.24) is 9.80 Å². The number of morpholine rings is 2. The Balaban J connectivity index is 0.000000136. The number of alkyl halides is 1. The lowest BCUT2D eigenvalue weighted by atomic mass is 10.1. The lowest BCUT2D eigenvalue weighted by Gasteiger charge is -2.25. The molecule has 2 fully saturated rings. The van der Waals surface area contributed by atoms with Gasteiger partial charge >= 0.3 is 16.9 Å². The number of nitrogens with one attached hydrogen (secondary N) is 3. The second kappa shape index (κ2) is 27.4. The molecule has 0 bridgehead atoms. The smallest absolute Gasteiger partial charge is 0.344 e. The van der Waals surface area contributed by atoms with E-state index in [-0.39, 0.29) is 35.9 Å². The number of hydrogen-bond acceptors (Lipinski definition) is 16. The Labute approximate surface area is 501 Å². The number of ether oxygens (including phenoxy) is 4. The van der Waals surface area contributed by atoms with Gasteiger partial charge in [-0.2, -0.15) is 0 Å². The minimum absolute atomic E-state index is 0.0343. The molecule has 2 aliphatic heterocycles. The number of phenols is 1. The molecule has 0 unspecified atom stereocenters. The average molecular weight is 1190 g/mol. The number of anilines is 3. The van der Waals surface area contributed by atoms with Gasteiger partial charge in [-0.15, -0.1) is 11.6 Å². The molecule has 13 rings (SSSR count). The molecule has 442 valence electrons. The lowest BCUT2D eigenvalue weighted by molar-refractivity contribution is -0.119. The largest absolute Gasteiger partial charge is 0.508 e. The van der Waals surface area contributed by atoms with Gasteiger partial charge in [0.15, 0.2) is 0 Å². The standard InChI is InChI=1S/C26H24N2O5.C22H16ClNO4.C19H18N2O5/c29-25(16-28-10-12-31-13-11-28)27-19-6-8-21-22-9-7-20(32-17-18-4-2-1-3-5-18)15-24(22)33-26(30)23(21)14-19;23-12-21(25)24-15-6-8-17-18-9-7-16(27-13-14-4-2-1-3-5-14)11-20(18)28-22(26)19(17)10-15;22-13-2-4-15-14-3-1-12(9-16(14)19(24)26-17(15)10-13)20-18(23)11-21-5-7-25-8-6-21/h1-9,14-15H,10-13,16-17H2,(H,27,29);1-11H,12-13H2,(H,24,25);1-4,9-10,22H,5-8,11H2,(H,20,23). The summed E-state index contributed by atoms with van der Waals surface area (Å²) in [5.74, 6) is 0.517. The van der Waals surface area contributed by atoms with E-state index in [4.69, 9.17) is 43.8 Å². The predicted octanol–water partition coefficient (Wildman–Crippen LogP) is 10.4. The Morgan fingerprint density at radius 3 is 1.17 bits per heavy atom. The van der Waals surface area contributed by atoms with Crippen LogP contribution in [0.2, 0.25) is 0 Å². The Kier molecular flexibility index (Phi) is 18.6. The fraction of sp³-hybridized carbons (Fsp3) is 0.194. The van der Waals surface area contributed by atoms with Crippen LogP contribution in [0.15, 0.2) is 197 Å². The zero-order chi connectivity index (χ0) is 60.2. The molecule has 0 radical (unpaired) electrons. The number of nitrogens with zero attached hydrogens (tertiary/aromatic N) is 2. The van der Waals surface area contributed by atoms with Crippen molar-refractivity contribution in [3.05, 3.63) is 212 Å². The minimum atomic E-state index is -0.512. The Morgan fingerprint density at radius 1 is 0.425 bits per heavy atom. The van der Waals surface area contributed by atoms with E-state index >= 15 is 0 Å². The van der Waals surface area contributed by atoms with Crippen LogP contribution in [0.3, 0.4) is 0 Å². The van der Waals surface area contributed by atoms with Crippen LogP contribution < -0.4 is 42.3 Å². The number of fused-ring (bicyclic) bond motifs is 9. The maximum Gasteiger partial charge on any atom is 0.344 e. The molecule has 0 spiro atoms. The molecule has 11 aromatic rings. The lowest BCUT2D eigenvalue weighted by Crippen LogP contribution is -2.41. The van der Waals surface area contributed by atoms with Gasteiger partial charge in [-0.25, -0.2) is 14.4 Å². The summed E-state index contributed by atoms with van der Waals surface area (Å²) in [5.41, 5.74) is 3.49. The van der Waals surface area contributed by atoms with Crippen LogP contribution in [-0.4, -0.2) is 104 Å². The summed E-state index contributed by atoms with van der Waals surface area (Å²) in [6.07, 6.45) is 0. The molecule has 87 heavy (non-hydrogen) atoms. The normalized spacial score (nSPS) is 13.6. The summed E-state index contributed by atoms with van der Waals surface area (Å²) in [4.78, 5) is 77.6. The van der Waals surface area contributed by atoms with Crippen molar-refractivity contribution in [2.24, 2.45) is 0 Å². The highest BCUT2D eigenvalue weighted by Crippen LogP contribution is 2.32. The number of carbonyl (C=O) groups excluding carboxylic acids is 3. The molecular formula is C67H58ClN5O14. The van der Waals surface area contributed by atoms with E-state index in [9.17, 15) is 33.9 Å². The van der Waals surface area contributed by atoms with Crippen LogP contribution in [0.25, 0.3) is 65.2 Å². The van der Waals surface area contributed by atoms with E-state index < -0.39 is 16.9 Å². The fourth-order valence-electron chi connectivity index (χ4n) is 10.2. The van der Waals surface area contributed by atoms with E-state index in [0.29, 0.717) is 113 Å². The number of amides is 3. The van der Waals surface area contributed by atoms with Crippen LogP contribution in [-0.2, 0) is 37.1 Å². The number of benzene rings is 8. The van der Waals surface area contributed by atoms with Crippen molar-refractivity contribution in [1.29, 1.82) is 0 Å². The molecule has 20 heteroatoms. The first-order chi connectivity index (χ1) is 42.4. The van der Waals surface area contributed by atoms with E-state index in [2.05, 4.69) is 16.0 Å². The van der Waals surface area contributed by atoms with Gasteiger partial charge < -0.3 is 53.3 Å². The maximum absolute atomic E-state index is 12.7. The highest BCUT2D eigenvalue weighted by Gasteiger charge is 2.18. The Bertz CT molecular complexity index is 4510. The maximum atomic E-state index is 12.7. The molecular weight excluding hydrogens is 1130 g/mol. The van der Waals surface area contributed by atoms with Crippen LogP contribution in [0.5, 0.6) is 17.2 Å². The van der Waals surface area contributed by atoms with Gasteiger partial charge in [0, 0.05) is 93.8 Å². The van der Waals surface area contributed by atoms with Crippen LogP contribution >= 0.6 is 11.6 Å². The van der Waals surface area contributed by atoms with Crippen molar-refractivity contribution < 1.29 is 51.7 Å². The van der Waals surface area contributed by atoms with Crippen molar-refractivity contribution in [3.63, 3.8) is 0 Å². The highest BCUT2D eigenvalue weighted by molar-refractivity contribution is 6.29. The molecule has 2 aliphatic rings. The predicted molar refractivity (Wildman–Crippen MR) is 334 cm³/mol. The quantitative estimate of drug-likeness (QED) is 0.0449. The average Bonchev–Trinajstić information content (AvgIpc) is 2.39. The van der Waals surface area contributed by atoms with Gasteiger partial charge in [-0.3, -0.25) is 24.2 Å². The van der Waals surface area contributed by atoms with Gasteiger partial charge in [0.1, 0.15) is 53.1 Å². The van der Waals surface area contributed by atoms with E-state index in [1.54, 1.807) is 72.8 Å². The SMILES string of the molecule is O=C(CCl)Nc1ccc2c(c1)c(=O)oc1cc(OCc3ccccc3)ccc12.O=C(CN1CCOCC1)Nc1ccc2c(c1)c(=O)oc1cc(O)ccc12.O=C(CN1CCOCC1)Nc1ccc2c(c1)c(=O)oc1cc(OCc3ccccc3)ccc12. The first-order valence-electron chi connectivity index (χ1n) is 28.0. The number of hydrogen-bond donors (Lipinski definition) is 4. The van der Waals surface area contributed by atoms with Gasteiger partial charge in [-0.05, 0) is 83.9 Å². The van der Waals surface area contributed by atoms with Crippen LogP contribution in [0.4, 0.5) is 17.1 Å². The van der Waals surface area contributed by atoms with E-state index in [1.165, 1.54) is 6.07 Å². The Hall–Kier alpha value is -9.89. The number of halogens is 1. The van der Waals surface area contributed by atoms with Crippen LogP contribution in [0, 0.1) is 0 Å². The van der Waals surface area contributed by atoms with Gasteiger partial charge in [0.25, 0.3) is 0 Å². The third-order valence-corrected chi connectivity index (χ3v) is 14.7. The molecule has 0 saturated carbocycles. The molecule has 0 atom stereocenters. The summed E-state index contributed by atoms with van der Waals surface area (Å²) in [6, 6.07) is 50.8. The molecule has 19 nitrogen and oxygen atoms in total. The third-order valence-electron chi connectivity index (χ3n) is 14.5. The molecule has 5 heterocycles. The summed E-state index contributed by atoms with van der Waals surface area (Å²) in [6.45, 7) is 6.89. The number of aromatic hydroxyl groups is 1. The summed E-state index contributed by atoms with van der Waals surface area (Å²) in [7, 11) is 0. The molecule has 2 saturated heterocycles. The van der Waals surface area contributed by atoms with Gasteiger partial charge in [0.05, 0.1) is 55.7 Å². The van der Waals surface area contributed by atoms with E-state index in [1.807, 2.05) is 101 Å². The molecule has 4 N–H and O–H groups in total.